The van der Waals surface area contributed by atoms with Crippen molar-refractivity contribution in [1.82, 2.24) is 0 Å². The minimum atomic E-state index is -0.469. The fraction of sp³-hybridized carbons (Fsp3) is 0.0588. The van der Waals surface area contributed by atoms with E-state index in [1.54, 1.807) is 36.4 Å². The number of nitriles is 1. The maximum atomic E-state index is 12.2. The number of carbonyl (C=O) groups is 1. The molecule has 0 saturated carbocycles. The standard InChI is InChI=1S/C17H11BrN2O3/c18-13-2-1-3-14(8-13)20-17(21)12(9-19)6-11-4-5-15-16(7-11)23-10-22-15/h1-8H,10H2,(H,20,21)/b12-6-. The molecular weight excluding hydrogens is 360 g/mol. The number of carbonyl (C=O) groups excluding carboxylic acids is 1. The Kier molecular flexibility index (Phi) is 4.31. The van der Waals surface area contributed by atoms with E-state index in [-0.39, 0.29) is 12.4 Å². The zero-order valence-corrected chi connectivity index (χ0v) is 13.5. The number of hydrogen-bond donors (Lipinski definition) is 1. The fourth-order valence-corrected chi connectivity index (χ4v) is 2.48. The molecular formula is C17H11BrN2O3. The van der Waals surface area contributed by atoms with Gasteiger partial charge in [0.2, 0.25) is 6.79 Å². The summed E-state index contributed by atoms with van der Waals surface area (Å²) in [6.45, 7) is 0.178. The highest BCUT2D eigenvalue weighted by atomic mass is 79.9. The molecule has 6 heteroatoms. The predicted molar refractivity (Wildman–Crippen MR) is 88.9 cm³/mol. The normalized spacial score (nSPS) is 12.6. The van der Waals surface area contributed by atoms with Gasteiger partial charge in [0.25, 0.3) is 5.91 Å². The lowest BCUT2D eigenvalue weighted by Crippen LogP contribution is -2.13. The average molecular weight is 371 g/mol. The Morgan fingerprint density at radius 2 is 2.04 bits per heavy atom. The lowest BCUT2D eigenvalue weighted by Gasteiger charge is -2.05. The van der Waals surface area contributed by atoms with Crippen LogP contribution in [0, 0.1) is 11.3 Å². The highest BCUT2D eigenvalue weighted by Gasteiger charge is 2.14. The van der Waals surface area contributed by atoms with Gasteiger partial charge < -0.3 is 14.8 Å². The summed E-state index contributed by atoms with van der Waals surface area (Å²) in [5, 5.41) is 11.9. The Hall–Kier alpha value is -2.78. The SMILES string of the molecule is N#C/C(=C/c1ccc2c(c1)OCO2)C(=O)Nc1cccc(Br)c1. The van der Waals surface area contributed by atoms with E-state index in [2.05, 4.69) is 21.2 Å². The Bertz CT molecular complexity index is 840. The molecule has 0 saturated heterocycles. The molecule has 0 unspecified atom stereocenters. The van der Waals surface area contributed by atoms with Gasteiger partial charge in [-0.05, 0) is 42.0 Å². The van der Waals surface area contributed by atoms with E-state index in [9.17, 15) is 10.1 Å². The van der Waals surface area contributed by atoms with Crippen LogP contribution in [0.5, 0.6) is 11.5 Å². The summed E-state index contributed by atoms with van der Waals surface area (Å²) in [6.07, 6.45) is 1.51. The van der Waals surface area contributed by atoms with Crippen molar-refractivity contribution in [2.24, 2.45) is 0 Å². The van der Waals surface area contributed by atoms with Crippen LogP contribution in [0.25, 0.3) is 6.08 Å². The summed E-state index contributed by atoms with van der Waals surface area (Å²) in [4.78, 5) is 12.2. The van der Waals surface area contributed by atoms with Gasteiger partial charge in [-0.15, -0.1) is 0 Å². The summed E-state index contributed by atoms with van der Waals surface area (Å²) < 4.78 is 11.4. The van der Waals surface area contributed by atoms with Crippen LogP contribution >= 0.6 is 15.9 Å². The molecule has 23 heavy (non-hydrogen) atoms. The first kappa shape index (κ1) is 15.1. The van der Waals surface area contributed by atoms with Gasteiger partial charge in [0.05, 0.1) is 0 Å². The molecule has 0 aromatic heterocycles. The van der Waals surface area contributed by atoms with Gasteiger partial charge in [-0.2, -0.15) is 5.26 Å². The maximum Gasteiger partial charge on any atom is 0.266 e. The van der Waals surface area contributed by atoms with Crippen LogP contribution in [0.3, 0.4) is 0 Å². The molecule has 1 N–H and O–H groups in total. The van der Waals surface area contributed by atoms with Crippen LogP contribution in [0.15, 0.2) is 52.5 Å². The zero-order chi connectivity index (χ0) is 16.2. The van der Waals surface area contributed by atoms with E-state index in [0.717, 1.165) is 4.47 Å². The lowest BCUT2D eigenvalue weighted by atomic mass is 10.1. The smallest absolute Gasteiger partial charge is 0.266 e. The van der Waals surface area contributed by atoms with E-state index in [0.29, 0.717) is 22.7 Å². The quantitative estimate of drug-likeness (QED) is 0.659. The third-order valence-electron chi connectivity index (χ3n) is 3.16. The number of nitrogens with one attached hydrogen (secondary N) is 1. The molecule has 5 nitrogen and oxygen atoms in total. The van der Waals surface area contributed by atoms with Gasteiger partial charge in [0.15, 0.2) is 11.5 Å². The predicted octanol–water partition coefficient (Wildman–Crippen LogP) is 3.72. The van der Waals surface area contributed by atoms with Crippen molar-refractivity contribution >= 4 is 33.6 Å². The van der Waals surface area contributed by atoms with Crippen LogP contribution in [-0.2, 0) is 4.79 Å². The monoisotopic (exact) mass is 370 g/mol. The van der Waals surface area contributed by atoms with Gasteiger partial charge in [0, 0.05) is 10.2 Å². The highest BCUT2D eigenvalue weighted by molar-refractivity contribution is 9.10. The number of anilines is 1. The van der Waals surface area contributed by atoms with Gasteiger partial charge in [-0.3, -0.25) is 4.79 Å². The summed E-state index contributed by atoms with van der Waals surface area (Å²) in [6, 6.07) is 14.3. The van der Waals surface area contributed by atoms with Crippen molar-refractivity contribution in [3.63, 3.8) is 0 Å². The Morgan fingerprint density at radius 3 is 2.83 bits per heavy atom. The number of amides is 1. The van der Waals surface area contributed by atoms with Crippen LogP contribution in [0.4, 0.5) is 5.69 Å². The fourth-order valence-electron chi connectivity index (χ4n) is 2.08. The van der Waals surface area contributed by atoms with Gasteiger partial charge >= 0.3 is 0 Å². The summed E-state index contributed by atoms with van der Waals surface area (Å²) in [5.41, 5.74) is 1.30. The topological polar surface area (TPSA) is 71.3 Å². The number of nitrogens with zero attached hydrogens (tertiary/aromatic N) is 1. The van der Waals surface area contributed by atoms with Crippen LogP contribution < -0.4 is 14.8 Å². The lowest BCUT2D eigenvalue weighted by molar-refractivity contribution is -0.112. The molecule has 1 aliphatic heterocycles. The van der Waals surface area contributed by atoms with E-state index in [1.807, 2.05) is 12.1 Å². The second-order valence-electron chi connectivity index (χ2n) is 4.75. The summed E-state index contributed by atoms with van der Waals surface area (Å²) in [5.74, 6) is 0.783. The van der Waals surface area contributed by atoms with Gasteiger partial charge in [-0.1, -0.05) is 28.1 Å². The number of halogens is 1. The molecule has 2 aromatic carbocycles. The second-order valence-corrected chi connectivity index (χ2v) is 5.66. The number of rotatable bonds is 3. The van der Waals surface area contributed by atoms with Crippen molar-refractivity contribution in [3.05, 3.63) is 58.1 Å². The molecule has 0 bridgehead atoms. The average Bonchev–Trinajstić information content (AvgIpc) is 3.00. The molecule has 0 atom stereocenters. The van der Waals surface area contributed by atoms with Crippen molar-refractivity contribution < 1.29 is 14.3 Å². The Morgan fingerprint density at radius 1 is 1.22 bits per heavy atom. The maximum absolute atomic E-state index is 12.2. The molecule has 3 rings (SSSR count). The van der Waals surface area contributed by atoms with Gasteiger partial charge in [-0.25, -0.2) is 0 Å². The molecule has 2 aromatic rings. The van der Waals surface area contributed by atoms with E-state index < -0.39 is 5.91 Å². The van der Waals surface area contributed by atoms with E-state index in [1.165, 1.54) is 6.08 Å². The molecule has 0 fully saturated rings. The molecule has 1 aliphatic rings. The molecule has 0 radical (unpaired) electrons. The van der Waals surface area contributed by atoms with Crippen LogP contribution in [0.2, 0.25) is 0 Å². The van der Waals surface area contributed by atoms with E-state index in [4.69, 9.17) is 9.47 Å². The van der Waals surface area contributed by atoms with Crippen molar-refractivity contribution in [3.8, 4) is 17.6 Å². The van der Waals surface area contributed by atoms with Crippen LogP contribution in [-0.4, -0.2) is 12.7 Å². The van der Waals surface area contributed by atoms with Crippen molar-refractivity contribution in [2.45, 2.75) is 0 Å². The molecule has 0 spiro atoms. The largest absolute Gasteiger partial charge is 0.454 e. The first-order valence-electron chi connectivity index (χ1n) is 6.74. The third kappa shape index (κ3) is 3.52. The zero-order valence-electron chi connectivity index (χ0n) is 11.9. The number of ether oxygens (including phenoxy) is 2. The summed E-state index contributed by atoms with van der Waals surface area (Å²) >= 11 is 3.33. The second kappa shape index (κ2) is 6.55. The number of benzene rings is 2. The molecule has 0 aliphatic carbocycles. The molecule has 1 heterocycles. The van der Waals surface area contributed by atoms with Crippen LogP contribution in [0.1, 0.15) is 5.56 Å². The minimum absolute atomic E-state index is 0.00356. The third-order valence-corrected chi connectivity index (χ3v) is 3.65. The van der Waals surface area contributed by atoms with Gasteiger partial charge in [0.1, 0.15) is 11.6 Å². The molecule has 114 valence electrons. The van der Waals surface area contributed by atoms with Crippen molar-refractivity contribution in [1.29, 1.82) is 5.26 Å². The molecule has 1 amide bonds. The Labute approximate surface area is 141 Å². The number of fused-ring (bicyclic) bond motifs is 1. The summed E-state index contributed by atoms with van der Waals surface area (Å²) in [7, 11) is 0. The first-order chi connectivity index (χ1) is 11.2. The van der Waals surface area contributed by atoms with E-state index >= 15 is 0 Å². The minimum Gasteiger partial charge on any atom is -0.454 e. The van der Waals surface area contributed by atoms with Crippen molar-refractivity contribution in [2.75, 3.05) is 12.1 Å². The Balaban J connectivity index is 1.81. The highest BCUT2D eigenvalue weighted by Crippen LogP contribution is 2.33. The number of hydrogen-bond acceptors (Lipinski definition) is 4. The first-order valence-corrected chi connectivity index (χ1v) is 7.53.